The molecule has 0 aromatic heterocycles. The molecule has 0 heterocycles. The van der Waals surface area contributed by atoms with E-state index in [-0.39, 0.29) is 5.75 Å². The van der Waals surface area contributed by atoms with Gasteiger partial charge in [0.05, 0.1) is 0 Å². The van der Waals surface area contributed by atoms with Gasteiger partial charge in [-0.1, -0.05) is 84.9 Å². The summed E-state index contributed by atoms with van der Waals surface area (Å²) in [6.45, 7) is 0. The largest absolute Gasteiger partial charge is 0.480 e. The van der Waals surface area contributed by atoms with Gasteiger partial charge in [-0.3, -0.25) is 4.79 Å². The maximum absolute atomic E-state index is 13.0. The minimum absolute atomic E-state index is 0.225. The summed E-state index contributed by atoms with van der Waals surface area (Å²) < 4.78 is 0. The molecule has 0 aliphatic carbocycles. The van der Waals surface area contributed by atoms with Crippen molar-refractivity contribution >= 4 is 34.4 Å². The molecule has 0 fully saturated rings. The maximum Gasteiger partial charge on any atom is 0.327 e. The van der Waals surface area contributed by atoms with Crippen molar-refractivity contribution < 1.29 is 14.7 Å². The number of thioether (sulfide) groups is 1. The summed E-state index contributed by atoms with van der Waals surface area (Å²) in [7, 11) is 0. The Morgan fingerprint density at radius 1 is 0.806 bits per heavy atom. The van der Waals surface area contributed by atoms with Gasteiger partial charge in [-0.25, -0.2) is 4.79 Å². The number of carbonyl (C=O) groups is 2. The van der Waals surface area contributed by atoms with Crippen molar-refractivity contribution in [2.24, 2.45) is 0 Å². The molecule has 1 atom stereocenters. The van der Waals surface area contributed by atoms with Gasteiger partial charge in [0.2, 0.25) is 0 Å². The fourth-order valence-corrected chi connectivity index (χ4v) is 4.54. The molecule has 5 heteroatoms. The lowest BCUT2D eigenvalue weighted by Crippen LogP contribution is -2.42. The molecular weight excluding hydrogens is 406 g/mol. The summed E-state index contributed by atoms with van der Waals surface area (Å²) >= 11 is 1.43. The monoisotopic (exact) mass is 427 g/mol. The number of carbonyl (C=O) groups excluding carboxylic acids is 1. The Morgan fingerprint density at radius 2 is 1.48 bits per heavy atom. The summed E-state index contributed by atoms with van der Waals surface area (Å²) in [4.78, 5) is 25.9. The quantitative estimate of drug-likeness (QED) is 0.383. The number of fused-ring (bicyclic) bond motifs is 1. The topological polar surface area (TPSA) is 66.4 Å². The lowest BCUT2D eigenvalue weighted by molar-refractivity contribution is -0.138. The van der Waals surface area contributed by atoms with E-state index in [1.165, 1.54) is 11.8 Å². The number of hydrogen-bond donors (Lipinski definition) is 2. The third-order valence-corrected chi connectivity index (χ3v) is 6.18. The van der Waals surface area contributed by atoms with Crippen LogP contribution in [0.2, 0.25) is 0 Å². The van der Waals surface area contributed by atoms with Crippen molar-refractivity contribution in [2.75, 3.05) is 5.75 Å². The summed E-state index contributed by atoms with van der Waals surface area (Å²) in [6, 6.07) is 29.7. The number of aliphatic carboxylic acids is 1. The number of nitrogens with one attached hydrogen (secondary N) is 1. The molecule has 0 saturated carbocycles. The zero-order valence-corrected chi connectivity index (χ0v) is 17.5. The smallest absolute Gasteiger partial charge is 0.327 e. The van der Waals surface area contributed by atoms with E-state index in [4.69, 9.17) is 0 Å². The Bertz CT molecular complexity index is 1220. The van der Waals surface area contributed by atoms with Crippen LogP contribution in [-0.2, 0) is 4.79 Å². The highest BCUT2D eigenvalue weighted by atomic mass is 32.2. The van der Waals surface area contributed by atoms with E-state index in [1.807, 2.05) is 84.9 Å². The predicted octanol–water partition coefficient (Wildman–Crippen LogP) is 5.48. The number of rotatable bonds is 7. The van der Waals surface area contributed by atoms with Crippen LogP contribution in [0.15, 0.2) is 102 Å². The Hall–Kier alpha value is -3.57. The van der Waals surface area contributed by atoms with Crippen LogP contribution >= 0.6 is 11.8 Å². The van der Waals surface area contributed by atoms with Crippen LogP contribution in [0.1, 0.15) is 10.4 Å². The van der Waals surface area contributed by atoms with Crippen LogP contribution in [0, 0.1) is 0 Å². The van der Waals surface area contributed by atoms with Crippen LogP contribution in [0.4, 0.5) is 0 Å². The Morgan fingerprint density at radius 3 is 2.29 bits per heavy atom. The highest BCUT2D eigenvalue weighted by Gasteiger charge is 2.23. The van der Waals surface area contributed by atoms with Crippen molar-refractivity contribution in [2.45, 2.75) is 10.9 Å². The number of benzene rings is 4. The first-order valence-electron chi connectivity index (χ1n) is 9.92. The number of hydrogen-bond acceptors (Lipinski definition) is 3. The lowest BCUT2D eigenvalue weighted by atomic mass is 9.99. The van der Waals surface area contributed by atoms with Crippen molar-refractivity contribution in [3.63, 3.8) is 0 Å². The van der Waals surface area contributed by atoms with Gasteiger partial charge in [0, 0.05) is 16.2 Å². The fraction of sp³-hybridized carbons (Fsp3) is 0.0769. The van der Waals surface area contributed by atoms with Crippen molar-refractivity contribution in [3.05, 3.63) is 103 Å². The molecule has 0 radical (unpaired) electrons. The van der Waals surface area contributed by atoms with Crippen LogP contribution in [-0.4, -0.2) is 28.8 Å². The van der Waals surface area contributed by atoms with E-state index in [0.29, 0.717) is 5.56 Å². The van der Waals surface area contributed by atoms with E-state index in [9.17, 15) is 14.7 Å². The average molecular weight is 428 g/mol. The van der Waals surface area contributed by atoms with E-state index < -0.39 is 17.9 Å². The van der Waals surface area contributed by atoms with Crippen LogP contribution in [0.25, 0.3) is 21.9 Å². The van der Waals surface area contributed by atoms with Gasteiger partial charge in [-0.05, 0) is 34.0 Å². The Labute approximate surface area is 184 Å². The normalized spacial score (nSPS) is 11.7. The van der Waals surface area contributed by atoms with Crippen molar-refractivity contribution in [1.82, 2.24) is 5.32 Å². The SMILES string of the molecule is O=C(N[C@@H](CSc1cccc2ccccc12)C(=O)O)c1ccccc1-c1ccccc1. The Balaban J connectivity index is 1.53. The first-order valence-corrected chi connectivity index (χ1v) is 10.9. The molecule has 1 amide bonds. The standard InChI is InChI=1S/C26H21NO3S/c28-25(22-15-7-6-13-20(22)18-9-2-1-3-10-18)27-23(26(29)30)17-31-24-16-8-12-19-11-4-5-14-21(19)24/h1-16,23H,17H2,(H,27,28)(H,29,30)/t23-/m0/s1. The number of carboxylic acid groups (broad SMARTS) is 1. The molecule has 154 valence electrons. The number of carboxylic acids is 1. The van der Waals surface area contributed by atoms with Gasteiger partial charge in [-0.2, -0.15) is 0 Å². The van der Waals surface area contributed by atoms with Gasteiger partial charge in [-0.15, -0.1) is 11.8 Å². The van der Waals surface area contributed by atoms with Crippen LogP contribution in [0.5, 0.6) is 0 Å². The average Bonchev–Trinajstić information content (AvgIpc) is 2.82. The second kappa shape index (κ2) is 9.49. The zero-order valence-electron chi connectivity index (χ0n) is 16.7. The third-order valence-electron chi connectivity index (χ3n) is 5.02. The summed E-state index contributed by atoms with van der Waals surface area (Å²) in [5.74, 6) is -1.23. The van der Waals surface area contributed by atoms with E-state index in [0.717, 1.165) is 26.8 Å². The van der Waals surface area contributed by atoms with Crippen LogP contribution in [0.3, 0.4) is 0 Å². The minimum Gasteiger partial charge on any atom is -0.480 e. The second-order valence-corrected chi connectivity index (χ2v) is 8.13. The fourth-order valence-electron chi connectivity index (χ4n) is 3.46. The zero-order chi connectivity index (χ0) is 21.6. The first kappa shape index (κ1) is 20.7. The van der Waals surface area contributed by atoms with Gasteiger partial charge < -0.3 is 10.4 Å². The second-order valence-electron chi connectivity index (χ2n) is 7.06. The highest BCUT2D eigenvalue weighted by Crippen LogP contribution is 2.28. The third kappa shape index (κ3) is 4.78. The van der Waals surface area contributed by atoms with Gasteiger partial charge in [0.15, 0.2) is 0 Å². The molecule has 4 rings (SSSR count). The minimum atomic E-state index is -1.06. The summed E-state index contributed by atoms with van der Waals surface area (Å²) in [5, 5.41) is 14.6. The molecule has 0 unspecified atom stereocenters. The van der Waals surface area contributed by atoms with Gasteiger partial charge >= 0.3 is 5.97 Å². The summed E-state index contributed by atoms with van der Waals surface area (Å²) in [5.41, 5.74) is 2.13. The highest BCUT2D eigenvalue weighted by molar-refractivity contribution is 7.99. The summed E-state index contributed by atoms with van der Waals surface area (Å²) in [6.07, 6.45) is 0. The lowest BCUT2D eigenvalue weighted by Gasteiger charge is -2.16. The van der Waals surface area contributed by atoms with Crippen LogP contribution < -0.4 is 5.32 Å². The molecule has 2 N–H and O–H groups in total. The van der Waals surface area contributed by atoms with E-state index in [1.54, 1.807) is 12.1 Å². The van der Waals surface area contributed by atoms with E-state index >= 15 is 0 Å². The molecule has 0 spiro atoms. The van der Waals surface area contributed by atoms with Gasteiger partial charge in [0.25, 0.3) is 5.91 Å². The Kier molecular flexibility index (Phi) is 6.34. The molecule has 0 bridgehead atoms. The van der Waals surface area contributed by atoms with Crippen molar-refractivity contribution in [1.29, 1.82) is 0 Å². The molecule has 4 aromatic carbocycles. The number of amides is 1. The first-order chi connectivity index (χ1) is 15.1. The molecule has 4 nitrogen and oxygen atoms in total. The molecule has 0 saturated heterocycles. The van der Waals surface area contributed by atoms with Gasteiger partial charge in [0.1, 0.15) is 6.04 Å². The molecule has 0 aliphatic rings. The maximum atomic E-state index is 13.0. The predicted molar refractivity (Wildman–Crippen MR) is 125 cm³/mol. The molecule has 0 aliphatic heterocycles. The van der Waals surface area contributed by atoms with Crippen molar-refractivity contribution in [3.8, 4) is 11.1 Å². The molecule has 31 heavy (non-hydrogen) atoms. The van der Waals surface area contributed by atoms with E-state index in [2.05, 4.69) is 5.32 Å². The molecule has 4 aromatic rings. The molecular formula is C26H21NO3S.